The molecule has 1 heterocycles. The molecule has 0 aromatic heterocycles. The molecule has 20 heavy (non-hydrogen) atoms. The Morgan fingerprint density at radius 3 is 1.95 bits per heavy atom. The molecule has 5 atom stereocenters. The molecule has 7 nitrogen and oxygen atoms in total. The molecular weight excluding hydrogens is 268 g/mol. The Kier molecular flexibility index (Phi) is 5.50. The van der Waals surface area contributed by atoms with Gasteiger partial charge in [0.1, 0.15) is 0 Å². The monoisotopic (exact) mass is 288 g/mol. The van der Waals surface area contributed by atoms with Crippen molar-refractivity contribution in [2.45, 2.75) is 46.2 Å². The molecule has 0 N–H and O–H groups in total. The van der Waals surface area contributed by atoms with Gasteiger partial charge in [-0.2, -0.15) is 0 Å². The predicted molar refractivity (Wildman–Crippen MR) is 66.3 cm³/mol. The molecule has 0 aliphatic carbocycles. The summed E-state index contributed by atoms with van der Waals surface area (Å²) >= 11 is 0. The van der Waals surface area contributed by atoms with Crippen molar-refractivity contribution in [3.05, 3.63) is 0 Å². The molecule has 0 saturated carbocycles. The van der Waals surface area contributed by atoms with E-state index in [4.69, 9.17) is 14.2 Å². The van der Waals surface area contributed by atoms with E-state index in [9.17, 15) is 14.4 Å². The minimum atomic E-state index is -1.12. The number of rotatable bonds is 3. The highest BCUT2D eigenvalue weighted by atomic mass is 16.7. The van der Waals surface area contributed by atoms with Crippen molar-refractivity contribution >= 4 is 17.9 Å². The topological polar surface area (TPSA) is 88.1 Å². The Bertz CT molecular complexity index is 392. The van der Waals surface area contributed by atoms with Crippen molar-refractivity contribution < 1.29 is 33.3 Å². The maximum absolute atomic E-state index is 11.7. The normalized spacial score (nSPS) is 33.1. The number of hydrogen-bond donors (Lipinski definition) is 0. The van der Waals surface area contributed by atoms with E-state index in [0.717, 1.165) is 0 Å². The fourth-order valence-electron chi connectivity index (χ4n) is 2.17. The molecule has 3 unspecified atom stereocenters. The first-order chi connectivity index (χ1) is 9.27. The lowest BCUT2D eigenvalue weighted by molar-refractivity contribution is -0.266. The van der Waals surface area contributed by atoms with Gasteiger partial charge in [-0.25, -0.2) is 4.79 Å². The summed E-state index contributed by atoms with van der Waals surface area (Å²) in [6, 6.07) is 0. The number of carbonyl (C=O) groups is 3. The summed E-state index contributed by atoms with van der Waals surface area (Å²) in [6.45, 7) is 6.05. The summed E-state index contributed by atoms with van der Waals surface area (Å²) < 4.78 is 20.3. The van der Waals surface area contributed by atoms with Gasteiger partial charge in [-0.3, -0.25) is 9.59 Å². The lowest BCUT2D eigenvalue weighted by Gasteiger charge is -2.41. The summed E-state index contributed by atoms with van der Waals surface area (Å²) in [5.74, 6) is -2.13. The quantitative estimate of drug-likeness (QED) is 0.556. The second-order valence-corrected chi connectivity index (χ2v) is 4.85. The lowest BCUT2D eigenvalue weighted by atomic mass is 9.83. The summed E-state index contributed by atoms with van der Waals surface area (Å²) in [6.07, 6.45) is -2.75. The standard InChI is InChI=1S/C13H20O7/c1-6-7(2)11(18-8(3)14)13(19-9(4)15)20-10(6)12(16)17-5/h6-7,10-11,13H,1-5H3/t6-,7-,10?,11?,13?/m0/s1. The molecule has 0 aromatic rings. The third-order valence-corrected chi connectivity index (χ3v) is 3.39. The lowest BCUT2D eigenvalue weighted by Crippen LogP contribution is -2.54. The van der Waals surface area contributed by atoms with E-state index >= 15 is 0 Å². The highest BCUT2D eigenvalue weighted by molar-refractivity contribution is 5.75. The van der Waals surface area contributed by atoms with Gasteiger partial charge >= 0.3 is 17.9 Å². The predicted octanol–water partition coefficient (Wildman–Crippen LogP) is 0.651. The summed E-state index contributed by atoms with van der Waals surface area (Å²) in [5, 5.41) is 0. The van der Waals surface area contributed by atoms with Crippen LogP contribution >= 0.6 is 0 Å². The minimum absolute atomic E-state index is 0.235. The van der Waals surface area contributed by atoms with Crippen LogP contribution < -0.4 is 0 Å². The Labute approximate surface area is 117 Å². The summed E-state index contributed by atoms with van der Waals surface area (Å²) in [5.41, 5.74) is 0. The fraction of sp³-hybridized carbons (Fsp3) is 0.769. The Balaban J connectivity index is 2.97. The van der Waals surface area contributed by atoms with E-state index in [1.165, 1.54) is 21.0 Å². The van der Waals surface area contributed by atoms with Gasteiger partial charge in [0.2, 0.25) is 6.29 Å². The Hall–Kier alpha value is -1.63. The van der Waals surface area contributed by atoms with Gasteiger partial charge in [0.05, 0.1) is 7.11 Å². The average Bonchev–Trinajstić information content (AvgIpc) is 2.36. The van der Waals surface area contributed by atoms with Crippen LogP contribution in [0, 0.1) is 11.8 Å². The molecular formula is C13H20O7. The van der Waals surface area contributed by atoms with Gasteiger partial charge < -0.3 is 18.9 Å². The van der Waals surface area contributed by atoms with Crippen LogP contribution in [0.15, 0.2) is 0 Å². The van der Waals surface area contributed by atoms with E-state index in [-0.39, 0.29) is 11.8 Å². The number of carbonyl (C=O) groups excluding carboxylic acids is 3. The summed E-state index contributed by atoms with van der Waals surface area (Å²) in [7, 11) is 1.25. The van der Waals surface area contributed by atoms with Crippen LogP contribution in [-0.2, 0) is 33.3 Å². The van der Waals surface area contributed by atoms with E-state index in [0.29, 0.717) is 0 Å². The largest absolute Gasteiger partial charge is 0.467 e. The smallest absolute Gasteiger partial charge is 0.335 e. The SMILES string of the molecule is COC(=O)C1OC(OC(C)=O)C(OC(C)=O)[C@@H](C)[C@@H]1C. The van der Waals surface area contributed by atoms with Crippen molar-refractivity contribution in [3.8, 4) is 0 Å². The van der Waals surface area contributed by atoms with Crippen molar-refractivity contribution in [1.29, 1.82) is 0 Å². The van der Waals surface area contributed by atoms with Crippen molar-refractivity contribution in [2.24, 2.45) is 11.8 Å². The highest BCUT2D eigenvalue weighted by Crippen LogP contribution is 2.33. The van der Waals surface area contributed by atoms with Crippen LogP contribution in [-0.4, -0.2) is 43.5 Å². The molecule has 7 heteroatoms. The van der Waals surface area contributed by atoms with Crippen LogP contribution in [0.2, 0.25) is 0 Å². The van der Waals surface area contributed by atoms with Crippen molar-refractivity contribution in [2.75, 3.05) is 7.11 Å². The van der Waals surface area contributed by atoms with Gasteiger partial charge in [0.25, 0.3) is 0 Å². The molecule has 0 amide bonds. The first-order valence-corrected chi connectivity index (χ1v) is 6.35. The molecule has 0 radical (unpaired) electrons. The number of methoxy groups -OCH3 is 1. The van der Waals surface area contributed by atoms with E-state index < -0.39 is 36.4 Å². The second-order valence-electron chi connectivity index (χ2n) is 4.85. The Morgan fingerprint density at radius 1 is 0.950 bits per heavy atom. The van der Waals surface area contributed by atoms with Gasteiger partial charge in [-0.05, 0) is 5.92 Å². The van der Waals surface area contributed by atoms with Gasteiger partial charge in [-0.1, -0.05) is 13.8 Å². The average molecular weight is 288 g/mol. The number of hydrogen-bond acceptors (Lipinski definition) is 7. The van der Waals surface area contributed by atoms with Crippen LogP contribution in [0.3, 0.4) is 0 Å². The van der Waals surface area contributed by atoms with Gasteiger partial charge in [-0.15, -0.1) is 0 Å². The number of esters is 3. The molecule has 1 fully saturated rings. The number of ether oxygens (including phenoxy) is 4. The fourth-order valence-corrected chi connectivity index (χ4v) is 2.17. The van der Waals surface area contributed by atoms with Gasteiger partial charge in [0, 0.05) is 19.8 Å². The van der Waals surface area contributed by atoms with E-state index in [1.54, 1.807) is 13.8 Å². The van der Waals surface area contributed by atoms with Crippen LogP contribution in [0.1, 0.15) is 27.7 Å². The van der Waals surface area contributed by atoms with E-state index in [1.807, 2.05) is 0 Å². The van der Waals surface area contributed by atoms with E-state index in [2.05, 4.69) is 4.74 Å². The Morgan fingerprint density at radius 2 is 1.50 bits per heavy atom. The third-order valence-electron chi connectivity index (χ3n) is 3.39. The zero-order chi connectivity index (χ0) is 15.4. The first-order valence-electron chi connectivity index (χ1n) is 6.35. The van der Waals surface area contributed by atoms with Crippen LogP contribution in [0.4, 0.5) is 0 Å². The molecule has 1 rings (SSSR count). The highest BCUT2D eigenvalue weighted by Gasteiger charge is 2.48. The molecule has 1 aliphatic rings. The van der Waals surface area contributed by atoms with Crippen LogP contribution in [0.25, 0.3) is 0 Å². The first kappa shape index (κ1) is 16.4. The maximum atomic E-state index is 11.7. The molecule has 0 spiro atoms. The molecule has 1 saturated heterocycles. The molecule has 1 aliphatic heterocycles. The molecule has 0 aromatic carbocycles. The zero-order valence-electron chi connectivity index (χ0n) is 12.2. The third kappa shape index (κ3) is 3.69. The van der Waals surface area contributed by atoms with Gasteiger partial charge in [0.15, 0.2) is 12.2 Å². The minimum Gasteiger partial charge on any atom is -0.467 e. The molecule has 114 valence electrons. The molecule has 0 bridgehead atoms. The second kappa shape index (κ2) is 6.69. The maximum Gasteiger partial charge on any atom is 0.335 e. The summed E-state index contributed by atoms with van der Waals surface area (Å²) in [4.78, 5) is 34.0. The van der Waals surface area contributed by atoms with Crippen molar-refractivity contribution in [1.82, 2.24) is 0 Å². The van der Waals surface area contributed by atoms with Crippen molar-refractivity contribution in [3.63, 3.8) is 0 Å². The van der Waals surface area contributed by atoms with Crippen LogP contribution in [0.5, 0.6) is 0 Å². The zero-order valence-corrected chi connectivity index (χ0v) is 12.2.